The summed E-state index contributed by atoms with van der Waals surface area (Å²) in [6.45, 7) is 5.13. The molecule has 6 heteroatoms. The number of nitrogens with zero attached hydrogens (tertiary/aromatic N) is 1. The van der Waals surface area contributed by atoms with E-state index in [9.17, 15) is 0 Å². The van der Waals surface area contributed by atoms with E-state index in [0.29, 0.717) is 18.4 Å². The van der Waals surface area contributed by atoms with Gasteiger partial charge in [0.1, 0.15) is 0 Å². The van der Waals surface area contributed by atoms with Crippen molar-refractivity contribution >= 4 is 29.9 Å². The van der Waals surface area contributed by atoms with Crippen LogP contribution in [0.1, 0.15) is 13.8 Å². The van der Waals surface area contributed by atoms with Gasteiger partial charge in [-0.15, -0.1) is 0 Å². The summed E-state index contributed by atoms with van der Waals surface area (Å²) in [7, 11) is 1.61. The molecule has 0 unspecified atom stereocenters. The Balaban J connectivity index is 1.95. The van der Waals surface area contributed by atoms with E-state index in [2.05, 4.69) is 0 Å². The van der Waals surface area contributed by atoms with Gasteiger partial charge in [0.2, 0.25) is 0 Å². The smallest absolute Gasteiger partial charge is 0.469 e. The number of ether oxygens (including phenoxy) is 1. The molecule has 0 aromatic heterocycles. The van der Waals surface area contributed by atoms with Gasteiger partial charge in [-0.05, 0) is 31.4 Å². The van der Waals surface area contributed by atoms with E-state index in [1.54, 1.807) is 0 Å². The summed E-state index contributed by atoms with van der Waals surface area (Å²) in [5.74, 6) is 0.736. The molecule has 0 aliphatic carbocycles. The van der Waals surface area contributed by atoms with Gasteiger partial charge in [0.15, 0.2) is 12.5 Å². The normalized spacial score (nSPS) is 21.1. The van der Waals surface area contributed by atoms with Crippen molar-refractivity contribution < 1.29 is 14.0 Å². The summed E-state index contributed by atoms with van der Waals surface area (Å²) in [4.78, 5) is 2.00. The van der Waals surface area contributed by atoms with Gasteiger partial charge < -0.3 is 18.9 Å². The van der Waals surface area contributed by atoms with Crippen molar-refractivity contribution in [2.45, 2.75) is 19.4 Å². The monoisotopic (exact) mass is 267 g/mol. The fourth-order valence-electron chi connectivity index (χ4n) is 2.19. The van der Waals surface area contributed by atoms with Crippen LogP contribution in [0.25, 0.3) is 0 Å². The van der Waals surface area contributed by atoms with Gasteiger partial charge >= 0.3 is 7.12 Å². The molecule has 0 bridgehead atoms. The second kappa shape index (κ2) is 4.05. The molecule has 96 valence electrons. The highest BCUT2D eigenvalue weighted by Crippen LogP contribution is 2.38. The lowest BCUT2D eigenvalue weighted by Crippen LogP contribution is -2.34. The molecule has 1 aromatic carbocycles. The maximum Gasteiger partial charge on any atom is 0.494 e. The molecule has 0 amide bonds. The second-order valence-electron chi connectivity index (χ2n) is 5.34. The van der Waals surface area contributed by atoms with E-state index in [1.807, 2.05) is 37.9 Å². The molecule has 0 saturated carbocycles. The molecule has 0 atom stereocenters. The molecule has 1 aromatic rings. The number of fused-ring (bicyclic) bond motifs is 1. The van der Waals surface area contributed by atoms with E-state index in [4.69, 9.17) is 25.6 Å². The van der Waals surface area contributed by atoms with Gasteiger partial charge in [-0.1, -0.05) is 11.6 Å². The summed E-state index contributed by atoms with van der Waals surface area (Å²) in [5.41, 5.74) is 1.66. The first-order valence-electron chi connectivity index (χ1n) is 5.93. The lowest BCUT2D eigenvalue weighted by molar-refractivity contribution is 0.137. The van der Waals surface area contributed by atoms with Crippen molar-refractivity contribution in [3.8, 4) is 5.75 Å². The quantitative estimate of drug-likeness (QED) is 0.724. The van der Waals surface area contributed by atoms with Crippen LogP contribution in [0.3, 0.4) is 0 Å². The fraction of sp³-hybridized carbons (Fsp3) is 0.500. The van der Waals surface area contributed by atoms with Crippen LogP contribution in [0.2, 0.25) is 5.02 Å². The molecule has 0 N–H and O–H groups in total. The predicted octanol–water partition coefficient (Wildman–Crippen LogP) is 1.65. The van der Waals surface area contributed by atoms with Crippen molar-refractivity contribution in [1.82, 2.24) is 0 Å². The molecule has 4 nitrogen and oxygen atoms in total. The van der Waals surface area contributed by atoms with Crippen LogP contribution in [0.4, 0.5) is 5.69 Å². The average molecular weight is 268 g/mol. The van der Waals surface area contributed by atoms with Crippen molar-refractivity contribution in [1.29, 1.82) is 0 Å². The van der Waals surface area contributed by atoms with Crippen LogP contribution in [-0.4, -0.2) is 33.1 Å². The second-order valence-corrected chi connectivity index (χ2v) is 5.75. The Kier molecular flexibility index (Phi) is 2.73. The summed E-state index contributed by atoms with van der Waals surface area (Å²) >= 11 is 6.23. The number of anilines is 1. The molecule has 18 heavy (non-hydrogen) atoms. The highest BCUT2D eigenvalue weighted by atomic mass is 35.5. The number of halogens is 1. The Morgan fingerprint density at radius 2 is 2.17 bits per heavy atom. The van der Waals surface area contributed by atoms with Crippen LogP contribution in [0.15, 0.2) is 12.1 Å². The maximum atomic E-state index is 6.23. The summed E-state index contributed by atoms with van der Waals surface area (Å²) < 4.78 is 17.0. The van der Waals surface area contributed by atoms with Crippen LogP contribution in [-0.2, 0) is 9.31 Å². The molecular formula is C12H15BClNO3. The zero-order valence-electron chi connectivity index (χ0n) is 10.7. The van der Waals surface area contributed by atoms with E-state index in [1.165, 1.54) is 0 Å². The molecule has 2 aliphatic rings. The lowest BCUT2D eigenvalue weighted by Gasteiger charge is -2.16. The van der Waals surface area contributed by atoms with Gasteiger partial charge in [-0.2, -0.15) is 0 Å². The molecule has 0 radical (unpaired) electrons. The van der Waals surface area contributed by atoms with Gasteiger partial charge in [0.05, 0.1) is 22.9 Å². The number of hydrogen-bond acceptors (Lipinski definition) is 4. The van der Waals surface area contributed by atoms with E-state index >= 15 is 0 Å². The predicted molar refractivity (Wildman–Crippen MR) is 71.9 cm³/mol. The minimum atomic E-state index is -0.350. The summed E-state index contributed by atoms with van der Waals surface area (Å²) in [6.07, 6.45) is 0. The number of benzene rings is 1. The number of hydrogen-bond donors (Lipinski definition) is 0. The molecule has 2 aliphatic heterocycles. The third-order valence-corrected chi connectivity index (χ3v) is 3.42. The number of rotatable bonds is 1. The summed E-state index contributed by atoms with van der Waals surface area (Å²) in [5, 5.41) is 0.601. The fourth-order valence-corrected chi connectivity index (χ4v) is 2.47. The van der Waals surface area contributed by atoms with Crippen molar-refractivity contribution in [3.05, 3.63) is 17.2 Å². The van der Waals surface area contributed by atoms with E-state index in [0.717, 1.165) is 16.9 Å². The minimum Gasteiger partial charge on any atom is -0.469 e. The third-order valence-electron chi connectivity index (χ3n) is 3.14. The highest BCUT2D eigenvalue weighted by molar-refractivity contribution is 6.62. The van der Waals surface area contributed by atoms with Crippen molar-refractivity contribution in [2.24, 2.45) is 0 Å². The molecule has 3 rings (SSSR count). The molecule has 1 fully saturated rings. The van der Waals surface area contributed by atoms with Gasteiger partial charge in [-0.25, -0.2) is 0 Å². The zero-order chi connectivity index (χ0) is 12.9. The van der Waals surface area contributed by atoms with Crippen molar-refractivity contribution in [3.63, 3.8) is 0 Å². The highest BCUT2D eigenvalue weighted by Gasteiger charge is 2.39. The van der Waals surface area contributed by atoms with E-state index in [-0.39, 0.29) is 12.7 Å². The Bertz CT molecular complexity index is 494. The third kappa shape index (κ3) is 1.96. The summed E-state index contributed by atoms with van der Waals surface area (Å²) in [6, 6.07) is 3.87. The Labute approximate surface area is 112 Å². The van der Waals surface area contributed by atoms with Crippen LogP contribution < -0.4 is 15.1 Å². The Morgan fingerprint density at radius 3 is 2.83 bits per heavy atom. The molecule has 1 saturated heterocycles. The Hall–Kier alpha value is -0.905. The van der Waals surface area contributed by atoms with Gasteiger partial charge in [0, 0.05) is 7.05 Å². The molecular weight excluding hydrogens is 252 g/mol. The van der Waals surface area contributed by atoms with Crippen molar-refractivity contribution in [2.75, 3.05) is 25.3 Å². The van der Waals surface area contributed by atoms with Crippen LogP contribution in [0.5, 0.6) is 5.75 Å². The van der Waals surface area contributed by atoms with Crippen LogP contribution >= 0.6 is 11.6 Å². The largest absolute Gasteiger partial charge is 0.494 e. The first kappa shape index (κ1) is 12.1. The SMILES string of the molecule is CN1COc2c(Cl)cc(B3OCC(C)(C)O3)cc21. The topological polar surface area (TPSA) is 30.9 Å². The van der Waals surface area contributed by atoms with E-state index < -0.39 is 0 Å². The molecule has 2 heterocycles. The maximum absolute atomic E-state index is 6.23. The Morgan fingerprint density at radius 1 is 1.39 bits per heavy atom. The van der Waals surface area contributed by atoms with Gasteiger partial charge in [0.25, 0.3) is 0 Å². The minimum absolute atomic E-state index is 0.251. The lowest BCUT2D eigenvalue weighted by atomic mass is 9.79. The average Bonchev–Trinajstić information content (AvgIpc) is 2.83. The molecule has 0 spiro atoms. The van der Waals surface area contributed by atoms with Gasteiger partial charge in [-0.3, -0.25) is 0 Å². The first-order valence-corrected chi connectivity index (χ1v) is 6.31. The zero-order valence-corrected chi connectivity index (χ0v) is 11.5. The van der Waals surface area contributed by atoms with Crippen LogP contribution in [0, 0.1) is 0 Å². The first-order chi connectivity index (χ1) is 8.46. The standard InChI is InChI=1S/C12H15BClNO3/c1-12(2)6-17-13(18-12)8-4-9(14)11-10(5-8)15(3)7-16-11/h4-5H,6-7H2,1-3H3.